The van der Waals surface area contributed by atoms with Gasteiger partial charge < -0.3 is 9.52 Å². The number of aryl methyl sites for hydroxylation is 1. The van der Waals surface area contributed by atoms with Crippen LogP contribution in [0.15, 0.2) is 57.8 Å². The monoisotopic (exact) mass is 353 g/mol. The number of hydrogen-bond acceptors (Lipinski definition) is 6. The summed E-state index contributed by atoms with van der Waals surface area (Å²) in [5, 5.41) is 16.7. The Morgan fingerprint density at radius 1 is 1.48 bits per heavy atom. The molecule has 2 N–H and O–H groups in total. The van der Waals surface area contributed by atoms with Crippen molar-refractivity contribution in [2.24, 2.45) is 7.05 Å². The lowest BCUT2D eigenvalue weighted by Gasteiger charge is -2.26. The summed E-state index contributed by atoms with van der Waals surface area (Å²) in [6.45, 7) is -0.218. The molecular weight excluding hydrogens is 338 g/mol. The zero-order chi connectivity index (χ0) is 16.5. The predicted octanol–water partition coefficient (Wildman–Crippen LogP) is 1.29. The summed E-state index contributed by atoms with van der Waals surface area (Å²) in [5.74, 6) is 0. The second-order valence-corrected chi connectivity index (χ2v) is 7.74. The molecule has 0 aromatic carbocycles. The molecule has 0 amide bonds. The van der Waals surface area contributed by atoms with E-state index in [0.717, 1.165) is 0 Å². The lowest BCUT2D eigenvalue weighted by atomic mass is 9.95. The highest BCUT2D eigenvalue weighted by atomic mass is 32.2. The van der Waals surface area contributed by atoms with E-state index in [1.54, 1.807) is 25.2 Å². The Labute approximate surface area is 137 Å². The van der Waals surface area contributed by atoms with Crippen LogP contribution in [0.4, 0.5) is 0 Å². The van der Waals surface area contributed by atoms with Gasteiger partial charge in [-0.25, -0.2) is 13.1 Å². The highest BCUT2D eigenvalue weighted by Gasteiger charge is 2.35. The highest BCUT2D eigenvalue weighted by molar-refractivity contribution is 7.89. The first-order valence-corrected chi connectivity index (χ1v) is 9.05. The van der Waals surface area contributed by atoms with Crippen molar-refractivity contribution in [1.82, 2.24) is 14.5 Å². The molecule has 3 rings (SSSR count). The van der Waals surface area contributed by atoms with Crippen LogP contribution < -0.4 is 4.72 Å². The van der Waals surface area contributed by atoms with Gasteiger partial charge in [0.25, 0.3) is 0 Å². The number of nitrogens with one attached hydrogen (secondary N) is 1. The standard InChI is InChI=1S/C14H15N3O4S2/c1-17-8-12(7-15-17)23(19,20)16-10-14(18,11-4-5-21-9-11)13-3-2-6-22-13/h2-9,16,18H,10H2,1H3/t14-/m1/s1. The first kappa shape index (κ1) is 15.9. The molecule has 3 heterocycles. The smallest absolute Gasteiger partial charge is 0.243 e. The van der Waals surface area contributed by atoms with E-state index in [0.29, 0.717) is 10.4 Å². The predicted molar refractivity (Wildman–Crippen MR) is 84.4 cm³/mol. The molecule has 0 aliphatic carbocycles. The third kappa shape index (κ3) is 3.08. The van der Waals surface area contributed by atoms with Gasteiger partial charge >= 0.3 is 0 Å². The maximum absolute atomic E-state index is 12.3. The topological polar surface area (TPSA) is 97.4 Å². The van der Waals surface area contributed by atoms with Crippen LogP contribution in [0, 0.1) is 0 Å². The number of hydrogen-bond donors (Lipinski definition) is 2. The minimum Gasteiger partial charge on any atom is -0.472 e. The number of furan rings is 1. The zero-order valence-electron chi connectivity index (χ0n) is 12.2. The molecule has 0 radical (unpaired) electrons. The number of rotatable bonds is 6. The Hall–Kier alpha value is -1.94. The fourth-order valence-corrected chi connectivity index (χ4v) is 4.05. The number of aliphatic hydroxyl groups is 1. The SMILES string of the molecule is Cn1cc(S(=O)(=O)NC[C@@](O)(c2ccoc2)c2cccs2)cn1. The van der Waals surface area contributed by atoms with Crippen molar-refractivity contribution in [2.75, 3.05) is 6.54 Å². The third-order valence-corrected chi connectivity index (χ3v) is 5.81. The summed E-state index contributed by atoms with van der Waals surface area (Å²) in [6, 6.07) is 5.15. The zero-order valence-corrected chi connectivity index (χ0v) is 13.8. The van der Waals surface area contributed by atoms with Gasteiger partial charge in [0.1, 0.15) is 10.5 Å². The van der Waals surface area contributed by atoms with Crippen LogP contribution in [-0.4, -0.2) is 29.8 Å². The number of aromatic nitrogens is 2. The molecule has 0 aliphatic heterocycles. The lowest BCUT2D eigenvalue weighted by Crippen LogP contribution is -2.40. The molecule has 122 valence electrons. The number of sulfonamides is 1. The van der Waals surface area contributed by atoms with Crippen molar-refractivity contribution < 1.29 is 17.9 Å². The average molecular weight is 353 g/mol. The molecule has 0 spiro atoms. The Bertz CT molecular complexity index is 833. The van der Waals surface area contributed by atoms with Crippen molar-refractivity contribution in [3.8, 4) is 0 Å². The highest BCUT2D eigenvalue weighted by Crippen LogP contribution is 2.33. The summed E-state index contributed by atoms with van der Waals surface area (Å²) < 4.78 is 33.5. The Morgan fingerprint density at radius 2 is 2.30 bits per heavy atom. The molecule has 3 aromatic heterocycles. The van der Waals surface area contributed by atoms with Gasteiger partial charge in [-0.2, -0.15) is 5.10 Å². The molecule has 23 heavy (non-hydrogen) atoms. The van der Waals surface area contributed by atoms with Gasteiger partial charge in [-0.1, -0.05) is 6.07 Å². The minimum absolute atomic E-state index is 0.0423. The first-order chi connectivity index (χ1) is 10.9. The van der Waals surface area contributed by atoms with Crippen LogP contribution in [0.1, 0.15) is 10.4 Å². The van der Waals surface area contributed by atoms with Crippen LogP contribution in [0.3, 0.4) is 0 Å². The Balaban J connectivity index is 1.89. The van der Waals surface area contributed by atoms with Gasteiger partial charge in [-0.15, -0.1) is 11.3 Å². The second-order valence-electron chi connectivity index (χ2n) is 5.02. The van der Waals surface area contributed by atoms with Crippen LogP contribution in [-0.2, 0) is 22.7 Å². The van der Waals surface area contributed by atoms with E-state index >= 15 is 0 Å². The van der Waals surface area contributed by atoms with E-state index in [4.69, 9.17) is 4.42 Å². The molecule has 0 fully saturated rings. The molecule has 9 heteroatoms. The number of nitrogens with zero attached hydrogens (tertiary/aromatic N) is 2. The van der Waals surface area contributed by atoms with Gasteiger partial charge in [-0.3, -0.25) is 4.68 Å². The summed E-state index contributed by atoms with van der Waals surface area (Å²) in [6.07, 6.45) is 5.48. The van der Waals surface area contributed by atoms with Gasteiger partial charge in [-0.05, 0) is 17.5 Å². The van der Waals surface area contributed by atoms with Crippen LogP contribution in [0.5, 0.6) is 0 Å². The maximum atomic E-state index is 12.3. The Morgan fingerprint density at radius 3 is 2.87 bits per heavy atom. The van der Waals surface area contributed by atoms with E-state index < -0.39 is 15.6 Å². The van der Waals surface area contributed by atoms with Crippen molar-refractivity contribution in [3.05, 3.63) is 58.9 Å². The average Bonchev–Trinajstić information content (AvgIpc) is 3.25. The van der Waals surface area contributed by atoms with Gasteiger partial charge in [0.05, 0.1) is 18.7 Å². The van der Waals surface area contributed by atoms with Crippen molar-refractivity contribution in [3.63, 3.8) is 0 Å². The van der Waals surface area contributed by atoms with E-state index in [-0.39, 0.29) is 11.4 Å². The Kier molecular flexibility index (Phi) is 4.11. The van der Waals surface area contributed by atoms with Crippen molar-refractivity contribution in [2.45, 2.75) is 10.5 Å². The number of thiophene rings is 1. The first-order valence-electron chi connectivity index (χ1n) is 6.69. The van der Waals surface area contributed by atoms with Gasteiger partial charge in [0.15, 0.2) is 0 Å². The van der Waals surface area contributed by atoms with Crippen LogP contribution in [0.2, 0.25) is 0 Å². The van der Waals surface area contributed by atoms with Crippen LogP contribution >= 0.6 is 11.3 Å². The fourth-order valence-electron chi connectivity index (χ4n) is 2.17. The van der Waals surface area contributed by atoms with Gasteiger partial charge in [0.2, 0.25) is 10.0 Å². The minimum atomic E-state index is -3.77. The summed E-state index contributed by atoms with van der Waals surface area (Å²) in [5.41, 5.74) is -1.02. The normalized spacial score (nSPS) is 14.7. The van der Waals surface area contributed by atoms with E-state index in [9.17, 15) is 13.5 Å². The molecule has 7 nitrogen and oxygen atoms in total. The fraction of sp³-hybridized carbons (Fsp3) is 0.214. The van der Waals surface area contributed by atoms with Crippen LogP contribution in [0.25, 0.3) is 0 Å². The summed E-state index contributed by atoms with van der Waals surface area (Å²) >= 11 is 1.34. The maximum Gasteiger partial charge on any atom is 0.243 e. The van der Waals surface area contributed by atoms with Crippen molar-refractivity contribution in [1.29, 1.82) is 0 Å². The molecular formula is C14H15N3O4S2. The molecule has 1 atom stereocenters. The quantitative estimate of drug-likeness (QED) is 0.696. The summed E-state index contributed by atoms with van der Waals surface area (Å²) in [7, 11) is -2.14. The summed E-state index contributed by atoms with van der Waals surface area (Å²) in [4.78, 5) is 0.661. The van der Waals surface area contributed by atoms with E-state index in [1.165, 1.54) is 40.9 Å². The molecule has 0 saturated heterocycles. The molecule has 3 aromatic rings. The lowest BCUT2D eigenvalue weighted by molar-refractivity contribution is 0.0892. The third-order valence-electron chi connectivity index (χ3n) is 3.44. The van der Waals surface area contributed by atoms with E-state index in [2.05, 4.69) is 9.82 Å². The van der Waals surface area contributed by atoms with Gasteiger partial charge in [0, 0.05) is 30.2 Å². The van der Waals surface area contributed by atoms with Crippen molar-refractivity contribution >= 4 is 21.4 Å². The molecule has 0 unspecified atom stereocenters. The molecule has 0 aliphatic rings. The second kappa shape index (κ2) is 5.93. The van der Waals surface area contributed by atoms with E-state index in [1.807, 2.05) is 5.38 Å². The molecule has 0 saturated carbocycles. The molecule has 0 bridgehead atoms. The largest absolute Gasteiger partial charge is 0.472 e.